The summed E-state index contributed by atoms with van der Waals surface area (Å²) in [7, 11) is -4.00. The van der Waals surface area contributed by atoms with Crippen LogP contribution in [0.2, 0.25) is 0 Å². The van der Waals surface area contributed by atoms with Gasteiger partial charge in [-0.05, 0) is 12.8 Å². The summed E-state index contributed by atoms with van der Waals surface area (Å²) in [5, 5.41) is 8.39. The summed E-state index contributed by atoms with van der Waals surface area (Å²) in [6, 6.07) is -1.19. The topological polar surface area (TPSA) is 83.5 Å². The number of alkyl halides is 3. The smallest absolute Gasteiger partial charge is 0.393 e. The number of halogens is 3. The summed E-state index contributed by atoms with van der Waals surface area (Å²) in [5.74, 6) is -3.70. The Hall–Kier alpha value is -0.830. The zero-order valence-corrected chi connectivity index (χ0v) is 10.9. The van der Waals surface area contributed by atoms with Gasteiger partial charge < -0.3 is 5.11 Å². The third-order valence-electron chi connectivity index (χ3n) is 3.10. The maximum atomic E-state index is 12.8. The SMILES string of the molecule is O=C(O)CCS(=O)(=O)NC1CCCCC1C(F)(F)F. The lowest BCUT2D eigenvalue weighted by atomic mass is 9.85. The molecule has 9 heteroatoms. The summed E-state index contributed by atoms with van der Waals surface area (Å²) in [4.78, 5) is 10.3. The molecule has 112 valence electrons. The van der Waals surface area contributed by atoms with Crippen LogP contribution >= 0.6 is 0 Å². The maximum absolute atomic E-state index is 12.8. The summed E-state index contributed by atoms with van der Waals surface area (Å²) in [6.45, 7) is 0. The Bertz CT molecular complexity index is 421. The van der Waals surface area contributed by atoms with Gasteiger partial charge in [-0.25, -0.2) is 13.1 Å². The van der Waals surface area contributed by atoms with E-state index in [9.17, 15) is 26.4 Å². The lowest BCUT2D eigenvalue weighted by Crippen LogP contribution is -2.48. The van der Waals surface area contributed by atoms with Gasteiger partial charge in [0.05, 0.1) is 18.1 Å². The molecule has 0 aromatic heterocycles. The van der Waals surface area contributed by atoms with Crippen molar-refractivity contribution in [3.8, 4) is 0 Å². The lowest BCUT2D eigenvalue weighted by Gasteiger charge is -2.33. The third-order valence-corrected chi connectivity index (χ3v) is 4.51. The van der Waals surface area contributed by atoms with Gasteiger partial charge in [0.25, 0.3) is 0 Å². The first-order valence-corrected chi connectivity index (χ1v) is 7.55. The number of carboxylic acids is 1. The fourth-order valence-corrected chi connectivity index (χ4v) is 3.48. The molecule has 2 N–H and O–H groups in total. The number of carboxylic acid groups (broad SMARTS) is 1. The van der Waals surface area contributed by atoms with E-state index in [1.54, 1.807) is 0 Å². The zero-order chi connectivity index (χ0) is 14.7. The number of rotatable bonds is 5. The molecule has 1 aliphatic rings. The molecule has 19 heavy (non-hydrogen) atoms. The molecule has 0 heterocycles. The first-order chi connectivity index (χ1) is 8.62. The molecule has 0 radical (unpaired) electrons. The van der Waals surface area contributed by atoms with E-state index in [2.05, 4.69) is 0 Å². The zero-order valence-electron chi connectivity index (χ0n) is 10.1. The minimum absolute atomic E-state index is 0.102. The highest BCUT2D eigenvalue weighted by Gasteiger charge is 2.46. The van der Waals surface area contributed by atoms with E-state index in [0.717, 1.165) is 0 Å². The van der Waals surface area contributed by atoms with Gasteiger partial charge in [-0.2, -0.15) is 13.2 Å². The Morgan fingerprint density at radius 2 is 1.84 bits per heavy atom. The molecule has 0 amide bonds. The number of hydrogen-bond acceptors (Lipinski definition) is 3. The van der Waals surface area contributed by atoms with Crippen LogP contribution < -0.4 is 4.72 Å². The first-order valence-electron chi connectivity index (χ1n) is 5.90. The highest BCUT2D eigenvalue weighted by atomic mass is 32.2. The summed E-state index contributed by atoms with van der Waals surface area (Å²) in [6.07, 6.45) is -4.11. The van der Waals surface area contributed by atoms with Crippen LogP contribution in [0, 0.1) is 5.92 Å². The Morgan fingerprint density at radius 1 is 1.26 bits per heavy atom. The van der Waals surface area contributed by atoms with E-state index in [-0.39, 0.29) is 12.8 Å². The van der Waals surface area contributed by atoms with E-state index >= 15 is 0 Å². The second-order valence-corrected chi connectivity index (χ2v) is 6.49. The van der Waals surface area contributed by atoms with Crippen LogP contribution in [0.3, 0.4) is 0 Å². The standard InChI is InChI=1S/C10H16F3NO4S/c11-10(12,13)7-3-1-2-4-8(7)14-19(17,18)6-5-9(15)16/h7-8,14H,1-6H2,(H,15,16). The van der Waals surface area contributed by atoms with Crippen LogP contribution in [0.15, 0.2) is 0 Å². The van der Waals surface area contributed by atoms with Crippen molar-refractivity contribution < 1.29 is 31.5 Å². The van der Waals surface area contributed by atoms with Crippen molar-refractivity contribution in [1.29, 1.82) is 0 Å². The molecule has 1 saturated carbocycles. The number of carbonyl (C=O) groups is 1. The van der Waals surface area contributed by atoms with Crippen molar-refractivity contribution in [2.75, 3.05) is 5.75 Å². The van der Waals surface area contributed by atoms with Crippen molar-refractivity contribution in [2.45, 2.75) is 44.3 Å². The molecule has 0 aromatic rings. The Balaban J connectivity index is 2.69. The van der Waals surface area contributed by atoms with Gasteiger partial charge in [0.2, 0.25) is 10.0 Å². The molecule has 0 bridgehead atoms. The van der Waals surface area contributed by atoms with Crippen LogP contribution in [-0.4, -0.2) is 37.5 Å². The van der Waals surface area contributed by atoms with Gasteiger partial charge in [0.1, 0.15) is 0 Å². The van der Waals surface area contributed by atoms with Crippen LogP contribution in [0.4, 0.5) is 13.2 Å². The predicted octanol–water partition coefficient (Wildman–Crippen LogP) is 1.50. The first kappa shape index (κ1) is 16.2. The monoisotopic (exact) mass is 303 g/mol. The van der Waals surface area contributed by atoms with E-state index in [1.165, 1.54) is 0 Å². The molecule has 0 spiro atoms. The van der Waals surface area contributed by atoms with E-state index in [4.69, 9.17) is 5.11 Å². The second kappa shape index (κ2) is 6.08. The van der Waals surface area contributed by atoms with Crippen LogP contribution in [0.1, 0.15) is 32.1 Å². The van der Waals surface area contributed by atoms with E-state index < -0.39 is 46.3 Å². The highest BCUT2D eigenvalue weighted by molar-refractivity contribution is 7.89. The maximum Gasteiger partial charge on any atom is 0.393 e. The van der Waals surface area contributed by atoms with Crippen molar-refractivity contribution in [3.05, 3.63) is 0 Å². The largest absolute Gasteiger partial charge is 0.481 e. The molecule has 1 aliphatic carbocycles. The highest BCUT2D eigenvalue weighted by Crippen LogP contribution is 2.37. The van der Waals surface area contributed by atoms with E-state index in [0.29, 0.717) is 12.8 Å². The average molecular weight is 303 g/mol. The molecule has 5 nitrogen and oxygen atoms in total. The molecular weight excluding hydrogens is 287 g/mol. The van der Waals surface area contributed by atoms with Gasteiger partial charge in [-0.15, -0.1) is 0 Å². The lowest BCUT2D eigenvalue weighted by molar-refractivity contribution is -0.187. The summed E-state index contributed by atoms with van der Waals surface area (Å²) in [5.41, 5.74) is 0. The minimum Gasteiger partial charge on any atom is -0.481 e. The van der Waals surface area contributed by atoms with Gasteiger partial charge >= 0.3 is 12.1 Å². The van der Waals surface area contributed by atoms with Crippen molar-refractivity contribution in [2.24, 2.45) is 5.92 Å². The number of sulfonamides is 1. The average Bonchev–Trinajstić information content (AvgIpc) is 2.25. The molecule has 0 aliphatic heterocycles. The van der Waals surface area contributed by atoms with Gasteiger partial charge in [0.15, 0.2) is 0 Å². The minimum atomic E-state index is -4.44. The molecule has 0 saturated heterocycles. The fraction of sp³-hybridized carbons (Fsp3) is 0.900. The third kappa shape index (κ3) is 5.35. The normalized spacial score (nSPS) is 25.2. The Labute approximate surface area is 109 Å². The fourth-order valence-electron chi connectivity index (χ4n) is 2.17. The van der Waals surface area contributed by atoms with Crippen LogP contribution in [-0.2, 0) is 14.8 Å². The number of nitrogens with one attached hydrogen (secondary N) is 1. The van der Waals surface area contributed by atoms with Crippen molar-refractivity contribution in [1.82, 2.24) is 4.72 Å². The van der Waals surface area contributed by atoms with Gasteiger partial charge in [-0.1, -0.05) is 12.8 Å². The second-order valence-electron chi connectivity index (χ2n) is 4.62. The molecular formula is C10H16F3NO4S. The molecule has 0 aromatic carbocycles. The predicted molar refractivity (Wildman–Crippen MR) is 61.0 cm³/mol. The molecule has 2 unspecified atom stereocenters. The van der Waals surface area contributed by atoms with Gasteiger partial charge in [0, 0.05) is 6.04 Å². The molecule has 2 atom stereocenters. The Kier molecular flexibility index (Phi) is 5.19. The van der Waals surface area contributed by atoms with Crippen molar-refractivity contribution >= 4 is 16.0 Å². The quantitative estimate of drug-likeness (QED) is 0.806. The van der Waals surface area contributed by atoms with Gasteiger partial charge in [-0.3, -0.25) is 4.79 Å². The summed E-state index contributed by atoms with van der Waals surface area (Å²) < 4.78 is 63.3. The van der Waals surface area contributed by atoms with E-state index in [1.807, 2.05) is 4.72 Å². The Morgan fingerprint density at radius 3 is 2.37 bits per heavy atom. The number of aliphatic carboxylic acids is 1. The molecule has 1 rings (SSSR count). The van der Waals surface area contributed by atoms with Crippen molar-refractivity contribution in [3.63, 3.8) is 0 Å². The summed E-state index contributed by atoms with van der Waals surface area (Å²) >= 11 is 0. The van der Waals surface area contributed by atoms with Crippen LogP contribution in [0.5, 0.6) is 0 Å². The number of hydrogen-bond donors (Lipinski definition) is 2. The molecule has 1 fully saturated rings. The van der Waals surface area contributed by atoms with Crippen LogP contribution in [0.25, 0.3) is 0 Å².